The van der Waals surface area contributed by atoms with Gasteiger partial charge in [0, 0.05) is 6.04 Å². The van der Waals surface area contributed by atoms with Crippen LogP contribution in [0.25, 0.3) is 0 Å². The highest BCUT2D eigenvalue weighted by atomic mass is 16.2. The van der Waals surface area contributed by atoms with Crippen LogP contribution < -0.4 is 11.3 Å². The van der Waals surface area contributed by atoms with Gasteiger partial charge in [-0.1, -0.05) is 6.42 Å². The van der Waals surface area contributed by atoms with Gasteiger partial charge in [-0.2, -0.15) is 0 Å². The largest absolute Gasteiger partial charge is 0.293 e. The lowest BCUT2D eigenvalue weighted by Crippen LogP contribution is -2.49. The molecule has 0 spiro atoms. The van der Waals surface area contributed by atoms with Crippen molar-refractivity contribution < 1.29 is 4.79 Å². The zero-order valence-electron chi connectivity index (χ0n) is 8.70. The number of likely N-dealkylation sites (tertiary alicyclic amines) is 1. The van der Waals surface area contributed by atoms with E-state index in [2.05, 4.69) is 10.3 Å². The number of hydrogen-bond donors (Lipinski definition) is 2. The maximum absolute atomic E-state index is 11.4. The number of nitrogens with two attached hydrogens (primary N) is 1. The van der Waals surface area contributed by atoms with Crippen molar-refractivity contribution in [2.45, 2.75) is 44.7 Å². The lowest BCUT2D eigenvalue weighted by Gasteiger charge is -2.28. The summed E-state index contributed by atoms with van der Waals surface area (Å²) in [5, 5.41) is 0. The smallest absolute Gasteiger partial charge is 0.250 e. The molecule has 1 saturated carbocycles. The van der Waals surface area contributed by atoms with E-state index in [1.807, 2.05) is 6.92 Å². The molecular weight excluding hydrogens is 178 g/mol. The van der Waals surface area contributed by atoms with Gasteiger partial charge in [-0.25, -0.2) is 5.84 Å². The molecule has 0 aromatic rings. The van der Waals surface area contributed by atoms with Crippen molar-refractivity contribution in [1.82, 2.24) is 10.3 Å². The predicted octanol–water partition coefficient (Wildman–Crippen LogP) is 0.239. The molecule has 0 aromatic heterocycles. The molecule has 3 N–H and O–H groups in total. The zero-order chi connectivity index (χ0) is 10.1. The summed E-state index contributed by atoms with van der Waals surface area (Å²) in [4.78, 5) is 13.7. The first kappa shape index (κ1) is 9.93. The van der Waals surface area contributed by atoms with Crippen LogP contribution in [0, 0.1) is 5.92 Å². The summed E-state index contributed by atoms with van der Waals surface area (Å²) in [6.07, 6.45) is 5.18. The highest BCUT2D eigenvalue weighted by molar-refractivity contribution is 5.80. The molecule has 80 valence electrons. The summed E-state index contributed by atoms with van der Waals surface area (Å²) in [5.41, 5.74) is 2.24. The molecule has 3 atom stereocenters. The quantitative estimate of drug-likeness (QED) is 0.379. The number of nitrogens with one attached hydrogen (secondary N) is 1. The second kappa shape index (κ2) is 3.87. The van der Waals surface area contributed by atoms with Crippen LogP contribution >= 0.6 is 0 Å². The van der Waals surface area contributed by atoms with Crippen molar-refractivity contribution in [2.24, 2.45) is 11.8 Å². The summed E-state index contributed by atoms with van der Waals surface area (Å²) in [6.45, 7) is 3.01. The van der Waals surface area contributed by atoms with Crippen LogP contribution in [0.4, 0.5) is 0 Å². The zero-order valence-corrected chi connectivity index (χ0v) is 8.70. The first-order chi connectivity index (χ1) is 6.74. The Kier molecular flexibility index (Phi) is 2.74. The second-order valence-corrected chi connectivity index (χ2v) is 4.47. The lowest BCUT2D eigenvalue weighted by molar-refractivity contribution is -0.126. The normalized spacial score (nSPS) is 34.1. The third-order valence-corrected chi connectivity index (χ3v) is 3.82. The van der Waals surface area contributed by atoms with E-state index in [1.54, 1.807) is 0 Å². The molecule has 4 heteroatoms. The minimum absolute atomic E-state index is 0.0578. The Bertz CT molecular complexity index is 231. The van der Waals surface area contributed by atoms with Gasteiger partial charge in [-0.15, -0.1) is 0 Å². The number of fused-ring (bicyclic) bond motifs is 1. The fraction of sp³-hybridized carbons (Fsp3) is 0.900. The van der Waals surface area contributed by atoms with Gasteiger partial charge in [-0.05, 0) is 38.6 Å². The highest BCUT2D eigenvalue weighted by Crippen LogP contribution is 2.38. The molecule has 4 nitrogen and oxygen atoms in total. The number of carbonyl (C=O) groups is 1. The Hall–Kier alpha value is -0.610. The summed E-state index contributed by atoms with van der Waals surface area (Å²) in [5.74, 6) is 5.93. The first-order valence-corrected chi connectivity index (χ1v) is 5.50. The molecule has 1 aliphatic carbocycles. The highest BCUT2D eigenvalue weighted by Gasteiger charge is 2.40. The number of carbonyl (C=O) groups excluding carboxylic acids is 1. The molecule has 2 rings (SSSR count). The van der Waals surface area contributed by atoms with Crippen LogP contribution in [-0.2, 0) is 4.79 Å². The Labute approximate surface area is 84.8 Å². The van der Waals surface area contributed by atoms with Crippen LogP contribution in [0.1, 0.15) is 32.6 Å². The van der Waals surface area contributed by atoms with Crippen molar-refractivity contribution in [3.8, 4) is 0 Å². The molecule has 1 amide bonds. The molecule has 0 aromatic carbocycles. The van der Waals surface area contributed by atoms with Gasteiger partial charge in [0.15, 0.2) is 0 Å². The Balaban J connectivity index is 2.01. The fourth-order valence-electron chi connectivity index (χ4n) is 3.02. The standard InChI is InChI=1S/C10H19N3O/c1-7(10(14)12-11)13-6-5-8-3-2-4-9(8)13/h7-9H,2-6,11H2,1H3,(H,12,14). The second-order valence-electron chi connectivity index (χ2n) is 4.47. The van der Waals surface area contributed by atoms with E-state index < -0.39 is 0 Å². The maximum atomic E-state index is 11.4. The molecule has 3 unspecified atom stereocenters. The van der Waals surface area contributed by atoms with E-state index in [4.69, 9.17) is 5.84 Å². The summed E-state index contributed by atoms with van der Waals surface area (Å²) in [7, 11) is 0. The van der Waals surface area contributed by atoms with Crippen molar-refractivity contribution >= 4 is 5.91 Å². The van der Waals surface area contributed by atoms with E-state index in [0.717, 1.165) is 12.5 Å². The van der Waals surface area contributed by atoms with Gasteiger partial charge < -0.3 is 0 Å². The van der Waals surface area contributed by atoms with Crippen molar-refractivity contribution in [3.63, 3.8) is 0 Å². The molecule has 1 saturated heterocycles. The van der Waals surface area contributed by atoms with Crippen molar-refractivity contribution in [1.29, 1.82) is 0 Å². The van der Waals surface area contributed by atoms with Gasteiger partial charge in [-0.3, -0.25) is 15.1 Å². The fourth-order valence-corrected chi connectivity index (χ4v) is 3.02. The van der Waals surface area contributed by atoms with Crippen LogP contribution in [0.2, 0.25) is 0 Å². The monoisotopic (exact) mass is 197 g/mol. The Morgan fingerprint density at radius 3 is 3.00 bits per heavy atom. The predicted molar refractivity (Wildman–Crippen MR) is 54.2 cm³/mol. The van der Waals surface area contributed by atoms with E-state index in [0.29, 0.717) is 6.04 Å². The molecule has 2 fully saturated rings. The molecule has 14 heavy (non-hydrogen) atoms. The topological polar surface area (TPSA) is 58.4 Å². The Morgan fingerprint density at radius 1 is 1.50 bits per heavy atom. The molecule has 1 aliphatic heterocycles. The third-order valence-electron chi connectivity index (χ3n) is 3.82. The average molecular weight is 197 g/mol. The SMILES string of the molecule is CC(C(=O)NN)N1CCC2CCCC21. The van der Waals surface area contributed by atoms with Crippen LogP contribution in [0.5, 0.6) is 0 Å². The number of nitrogens with zero attached hydrogens (tertiary/aromatic N) is 1. The third kappa shape index (κ3) is 1.53. The molecule has 0 radical (unpaired) electrons. The van der Waals surface area contributed by atoms with E-state index >= 15 is 0 Å². The van der Waals surface area contributed by atoms with E-state index in [-0.39, 0.29) is 11.9 Å². The number of hydrogen-bond acceptors (Lipinski definition) is 3. The molecular formula is C10H19N3O. The Morgan fingerprint density at radius 2 is 2.29 bits per heavy atom. The summed E-state index contributed by atoms with van der Waals surface area (Å²) < 4.78 is 0. The maximum Gasteiger partial charge on any atom is 0.250 e. The molecule has 0 bridgehead atoms. The van der Waals surface area contributed by atoms with E-state index in [9.17, 15) is 4.79 Å². The molecule has 1 heterocycles. The van der Waals surface area contributed by atoms with Crippen molar-refractivity contribution in [3.05, 3.63) is 0 Å². The van der Waals surface area contributed by atoms with Gasteiger partial charge in [0.05, 0.1) is 6.04 Å². The minimum Gasteiger partial charge on any atom is -0.293 e. The van der Waals surface area contributed by atoms with Gasteiger partial charge in [0.2, 0.25) is 0 Å². The number of amides is 1. The van der Waals surface area contributed by atoms with Crippen LogP contribution in [0.15, 0.2) is 0 Å². The van der Waals surface area contributed by atoms with E-state index in [1.165, 1.54) is 25.7 Å². The first-order valence-electron chi connectivity index (χ1n) is 5.50. The van der Waals surface area contributed by atoms with Gasteiger partial charge >= 0.3 is 0 Å². The molecule has 2 aliphatic rings. The number of hydrazine groups is 1. The van der Waals surface area contributed by atoms with Crippen LogP contribution in [0.3, 0.4) is 0 Å². The summed E-state index contributed by atoms with van der Waals surface area (Å²) in [6, 6.07) is 0.579. The lowest BCUT2D eigenvalue weighted by atomic mass is 10.0. The van der Waals surface area contributed by atoms with Gasteiger partial charge in [0.25, 0.3) is 5.91 Å². The van der Waals surface area contributed by atoms with Crippen molar-refractivity contribution in [2.75, 3.05) is 6.54 Å². The summed E-state index contributed by atoms with van der Waals surface area (Å²) >= 11 is 0. The van der Waals surface area contributed by atoms with Crippen LogP contribution in [-0.4, -0.2) is 29.4 Å². The minimum atomic E-state index is -0.0619. The number of rotatable bonds is 2. The van der Waals surface area contributed by atoms with Gasteiger partial charge in [0.1, 0.15) is 0 Å². The average Bonchev–Trinajstić information content (AvgIpc) is 2.76.